The summed E-state index contributed by atoms with van der Waals surface area (Å²) in [5.74, 6) is 0.168. The molecule has 0 fully saturated rings. The Labute approximate surface area is 180 Å². The number of rotatable bonds is 9. The van der Waals surface area contributed by atoms with E-state index in [4.69, 9.17) is 9.26 Å². The summed E-state index contributed by atoms with van der Waals surface area (Å²) < 4.78 is 12.9. The van der Waals surface area contributed by atoms with Crippen molar-refractivity contribution in [1.82, 2.24) is 30.6 Å². The van der Waals surface area contributed by atoms with Gasteiger partial charge < -0.3 is 19.9 Å². The molecular formula is C18H19IN6O4. The van der Waals surface area contributed by atoms with Crippen molar-refractivity contribution in [2.24, 2.45) is 0 Å². The molecule has 2 N–H and O–H groups in total. The van der Waals surface area contributed by atoms with Crippen molar-refractivity contribution in [2.45, 2.75) is 13.5 Å². The molecule has 2 heterocycles. The molecule has 0 unspecified atom stereocenters. The molecule has 0 spiro atoms. The maximum atomic E-state index is 12.1. The van der Waals surface area contributed by atoms with Gasteiger partial charge in [0.15, 0.2) is 5.82 Å². The van der Waals surface area contributed by atoms with Crippen molar-refractivity contribution in [1.29, 1.82) is 0 Å². The predicted molar refractivity (Wildman–Crippen MR) is 111 cm³/mol. The second kappa shape index (κ2) is 10.0. The van der Waals surface area contributed by atoms with Crippen LogP contribution < -0.4 is 15.4 Å². The molecular weight excluding hydrogens is 491 g/mol. The van der Waals surface area contributed by atoms with Crippen LogP contribution in [0.25, 0.3) is 0 Å². The van der Waals surface area contributed by atoms with Gasteiger partial charge in [-0.1, -0.05) is 5.16 Å². The lowest BCUT2D eigenvalue weighted by Gasteiger charge is -2.07. The van der Waals surface area contributed by atoms with Crippen molar-refractivity contribution < 1.29 is 18.8 Å². The largest absolute Gasteiger partial charge is 0.494 e. The van der Waals surface area contributed by atoms with Crippen LogP contribution in [-0.2, 0) is 6.54 Å². The lowest BCUT2D eigenvalue weighted by Crippen LogP contribution is -2.34. The van der Waals surface area contributed by atoms with Crippen molar-refractivity contribution in [3.05, 3.63) is 57.5 Å². The maximum absolute atomic E-state index is 12.1. The van der Waals surface area contributed by atoms with Crippen molar-refractivity contribution in [3.8, 4) is 5.75 Å². The molecule has 2 aromatic heterocycles. The molecule has 3 rings (SSSR count). The van der Waals surface area contributed by atoms with Gasteiger partial charge in [0.1, 0.15) is 12.3 Å². The van der Waals surface area contributed by atoms with E-state index in [1.807, 2.05) is 13.1 Å². The zero-order valence-corrected chi connectivity index (χ0v) is 17.7. The van der Waals surface area contributed by atoms with Gasteiger partial charge >= 0.3 is 11.8 Å². The summed E-state index contributed by atoms with van der Waals surface area (Å²) in [5, 5.41) is 13.2. The number of amides is 2. The highest BCUT2D eigenvalue weighted by Gasteiger charge is 2.15. The van der Waals surface area contributed by atoms with E-state index in [1.54, 1.807) is 35.1 Å². The summed E-state index contributed by atoms with van der Waals surface area (Å²) in [6.45, 7) is 3.23. The molecule has 0 saturated carbocycles. The van der Waals surface area contributed by atoms with E-state index in [2.05, 4.69) is 48.5 Å². The number of carbonyl (C=O) groups is 2. The summed E-state index contributed by atoms with van der Waals surface area (Å²) >= 11 is 2.14. The van der Waals surface area contributed by atoms with E-state index in [-0.39, 0.29) is 24.9 Å². The minimum absolute atomic E-state index is 0.139. The quantitative estimate of drug-likeness (QED) is 0.330. The average Bonchev–Trinajstić information content (AvgIpc) is 3.35. The number of nitrogens with zero attached hydrogens (tertiary/aromatic N) is 4. The minimum atomic E-state index is -0.505. The van der Waals surface area contributed by atoms with Gasteiger partial charge in [0.05, 0.1) is 16.4 Å². The van der Waals surface area contributed by atoms with Gasteiger partial charge in [-0.25, -0.2) is 0 Å². The molecule has 0 bridgehead atoms. The fourth-order valence-electron chi connectivity index (χ4n) is 2.38. The number of halogens is 1. The molecule has 29 heavy (non-hydrogen) atoms. The van der Waals surface area contributed by atoms with E-state index in [9.17, 15) is 9.59 Å². The monoisotopic (exact) mass is 510 g/mol. The van der Waals surface area contributed by atoms with Crippen LogP contribution in [-0.4, -0.2) is 51.4 Å². The van der Waals surface area contributed by atoms with Crippen molar-refractivity contribution >= 4 is 34.4 Å². The number of hydrogen-bond acceptors (Lipinski definition) is 7. The summed E-state index contributed by atoms with van der Waals surface area (Å²) in [7, 11) is 0. The molecule has 10 nitrogen and oxygen atoms in total. The van der Waals surface area contributed by atoms with Crippen LogP contribution in [0.5, 0.6) is 5.75 Å². The summed E-state index contributed by atoms with van der Waals surface area (Å²) in [4.78, 5) is 28.2. The van der Waals surface area contributed by atoms with Crippen LogP contribution >= 0.6 is 22.6 Å². The van der Waals surface area contributed by atoms with E-state index in [1.165, 1.54) is 0 Å². The smallest absolute Gasteiger partial charge is 0.316 e. The molecule has 152 valence electrons. The number of ether oxygens (including phenoxy) is 1. The third kappa shape index (κ3) is 6.01. The molecule has 0 aliphatic heterocycles. The first-order valence-electron chi connectivity index (χ1n) is 8.85. The first-order chi connectivity index (χ1) is 14.0. The van der Waals surface area contributed by atoms with Gasteiger partial charge in [-0.3, -0.25) is 14.3 Å². The van der Waals surface area contributed by atoms with Crippen molar-refractivity contribution in [3.63, 3.8) is 0 Å². The Kier molecular flexibility index (Phi) is 7.16. The molecule has 0 saturated heterocycles. The summed E-state index contributed by atoms with van der Waals surface area (Å²) in [5.41, 5.74) is 0.509. The minimum Gasteiger partial charge on any atom is -0.494 e. The topological polar surface area (TPSA) is 124 Å². The highest BCUT2D eigenvalue weighted by atomic mass is 127. The molecule has 3 aromatic rings. The Morgan fingerprint density at radius 1 is 1.17 bits per heavy atom. The normalized spacial score (nSPS) is 10.6. The zero-order valence-electron chi connectivity index (χ0n) is 15.6. The number of aromatic nitrogens is 4. The van der Waals surface area contributed by atoms with Crippen LogP contribution in [0.4, 0.5) is 0 Å². The Balaban J connectivity index is 1.41. The first-order valence-corrected chi connectivity index (χ1v) is 9.93. The Hall–Kier alpha value is -2.96. The number of nitrogens with one attached hydrogen (secondary N) is 2. The van der Waals surface area contributed by atoms with Gasteiger partial charge in [0.2, 0.25) is 0 Å². The predicted octanol–water partition coefficient (Wildman–Crippen LogP) is 1.48. The molecule has 0 atom stereocenters. The van der Waals surface area contributed by atoms with Crippen LogP contribution in [0.3, 0.4) is 0 Å². The highest BCUT2D eigenvalue weighted by molar-refractivity contribution is 14.1. The average molecular weight is 510 g/mol. The molecule has 0 radical (unpaired) electrons. The fraction of sp³-hybridized carbons (Fsp3) is 0.278. The van der Waals surface area contributed by atoms with E-state index in [0.717, 1.165) is 3.57 Å². The standard InChI is InChI=1S/C18H19IN6O4/c1-2-28-14-5-3-12(4-6-14)16(26)20-7-8-21-17(27)18-23-15(24-29-18)11-25-10-13(19)9-22-25/h3-6,9-10H,2,7-8,11H2,1H3,(H,20,26)(H,21,27). The highest BCUT2D eigenvalue weighted by Crippen LogP contribution is 2.11. The van der Waals surface area contributed by atoms with Gasteiger partial charge in [-0.05, 0) is 53.8 Å². The van der Waals surface area contributed by atoms with Crippen LogP contribution in [0.15, 0.2) is 41.2 Å². The molecule has 0 aliphatic rings. The van der Waals surface area contributed by atoms with E-state index in [0.29, 0.717) is 30.3 Å². The number of benzene rings is 1. The second-order valence-electron chi connectivity index (χ2n) is 5.84. The fourth-order valence-corrected chi connectivity index (χ4v) is 2.83. The Morgan fingerprint density at radius 2 is 1.90 bits per heavy atom. The van der Waals surface area contributed by atoms with Crippen LogP contribution in [0.2, 0.25) is 0 Å². The Morgan fingerprint density at radius 3 is 2.55 bits per heavy atom. The maximum Gasteiger partial charge on any atom is 0.316 e. The number of hydrogen-bond donors (Lipinski definition) is 2. The van der Waals surface area contributed by atoms with Gasteiger partial charge in [0.25, 0.3) is 5.91 Å². The molecule has 2 amide bonds. The van der Waals surface area contributed by atoms with E-state index < -0.39 is 5.91 Å². The molecule has 11 heteroatoms. The van der Waals surface area contributed by atoms with Crippen LogP contribution in [0, 0.1) is 3.57 Å². The SMILES string of the molecule is CCOc1ccc(C(=O)NCCNC(=O)c2nc(Cn3cc(I)cn3)no2)cc1. The first kappa shape index (κ1) is 20.8. The van der Waals surface area contributed by atoms with Gasteiger partial charge in [0, 0.05) is 24.8 Å². The third-order valence-corrected chi connectivity index (χ3v) is 4.25. The molecule has 0 aliphatic carbocycles. The summed E-state index contributed by atoms with van der Waals surface area (Å²) in [6, 6.07) is 6.83. The number of carbonyl (C=O) groups excluding carboxylic acids is 2. The van der Waals surface area contributed by atoms with Gasteiger partial charge in [-0.15, -0.1) is 0 Å². The lowest BCUT2D eigenvalue weighted by molar-refractivity contribution is 0.0898. The Bertz CT molecular complexity index is 969. The zero-order chi connectivity index (χ0) is 20.6. The van der Waals surface area contributed by atoms with Gasteiger partial charge in [-0.2, -0.15) is 10.1 Å². The third-order valence-electron chi connectivity index (χ3n) is 3.69. The van der Waals surface area contributed by atoms with E-state index >= 15 is 0 Å². The molecule has 1 aromatic carbocycles. The summed E-state index contributed by atoms with van der Waals surface area (Å²) in [6.07, 6.45) is 3.53. The van der Waals surface area contributed by atoms with Crippen molar-refractivity contribution in [2.75, 3.05) is 19.7 Å². The lowest BCUT2D eigenvalue weighted by atomic mass is 10.2. The van der Waals surface area contributed by atoms with Crippen LogP contribution in [0.1, 0.15) is 33.8 Å². The second-order valence-corrected chi connectivity index (χ2v) is 7.09.